The zero-order valence-corrected chi connectivity index (χ0v) is 17.5. The van der Waals surface area contributed by atoms with Gasteiger partial charge in [0.05, 0.1) is 24.2 Å². The van der Waals surface area contributed by atoms with Gasteiger partial charge in [-0.2, -0.15) is 0 Å². The molecule has 0 saturated carbocycles. The number of halogens is 4. The summed E-state index contributed by atoms with van der Waals surface area (Å²) in [5.41, 5.74) is 0.678. The van der Waals surface area contributed by atoms with Crippen LogP contribution in [0.5, 0.6) is 5.75 Å². The van der Waals surface area contributed by atoms with Gasteiger partial charge in [0, 0.05) is 10.0 Å². The first-order valence-electron chi connectivity index (χ1n) is 8.26. The summed E-state index contributed by atoms with van der Waals surface area (Å²) in [6.07, 6.45) is -4.79. The number of hydrogen-bond acceptors (Lipinski definition) is 4. The van der Waals surface area contributed by atoms with Crippen LogP contribution >= 0.6 is 24.3 Å². The zero-order valence-electron chi connectivity index (χ0n) is 15.0. The van der Waals surface area contributed by atoms with Gasteiger partial charge in [-0.25, -0.2) is 0 Å². The molecule has 10 heteroatoms. The number of rotatable bonds is 8. The maximum absolute atomic E-state index is 12.5. The van der Waals surface area contributed by atoms with Crippen molar-refractivity contribution in [3.8, 4) is 5.75 Å². The van der Waals surface area contributed by atoms with Crippen LogP contribution in [0.1, 0.15) is 24.2 Å². The minimum absolute atomic E-state index is 0.181. The number of carbonyl (C=O) groups excluding carboxylic acids is 1. The summed E-state index contributed by atoms with van der Waals surface area (Å²) in [6, 6.07) is 9.92. The van der Waals surface area contributed by atoms with Gasteiger partial charge in [-0.15, -0.1) is 13.2 Å². The van der Waals surface area contributed by atoms with Crippen LogP contribution in [0.15, 0.2) is 46.9 Å². The lowest BCUT2D eigenvalue weighted by atomic mass is 10.2. The van der Waals surface area contributed by atoms with Crippen molar-refractivity contribution >= 4 is 41.2 Å². The molecule has 5 nitrogen and oxygen atoms in total. The Kier molecular flexibility index (Phi) is 8.24. The smallest absolute Gasteiger partial charge is 0.406 e. The number of anilines is 1. The van der Waals surface area contributed by atoms with Crippen molar-refractivity contribution < 1.29 is 31.8 Å². The number of carbonyl (C=O) groups is 1. The van der Waals surface area contributed by atoms with Crippen molar-refractivity contribution in [3.05, 3.63) is 52.5 Å². The number of benzene rings is 2. The lowest BCUT2D eigenvalue weighted by Gasteiger charge is -2.20. The molecule has 2 aromatic rings. The third kappa shape index (κ3) is 6.74. The van der Waals surface area contributed by atoms with E-state index in [1.807, 2.05) is 13.8 Å². The van der Waals surface area contributed by atoms with E-state index in [0.29, 0.717) is 24.2 Å². The molecule has 28 heavy (non-hydrogen) atoms. The van der Waals surface area contributed by atoms with Gasteiger partial charge in [-0.3, -0.25) is 4.79 Å². The predicted molar refractivity (Wildman–Crippen MR) is 105 cm³/mol. The molecule has 0 radical (unpaired) electrons. The Morgan fingerprint density at radius 3 is 2.21 bits per heavy atom. The first-order valence-corrected chi connectivity index (χ1v) is 10.2. The molecule has 0 saturated heterocycles. The monoisotopic (exact) mass is 479 g/mol. The summed E-state index contributed by atoms with van der Waals surface area (Å²) in [5, 5.41) is 3.43. The van der Waals surface area contributed by atoms with E-state index >= 15 is 0 Å². The summed E-state index contributed by atoms with van der Waals surface area (Å²) in [4.78, 5) is 12.5. The normalized spacial score (nSPS) is 11.5. The fourth-order valence-electron chi connectivity index (χ4n) is 2.17. The predicted octanol–water partition coefficient (Wildman–Crippen LogP) is 5.61. The molecular formula is C18H18BrF3NO4P. The van der Waals surface area contributed by atoms with E-state index in [4.69, 9.17) is 9.05 Å². The molecular weight excluding hydrogens is 462 g/mol. The molecule has 0 aromatic heterocycles. The van der Waals surface area contributed by atoms with E-state index in [-0.39, 0.29) is 5.56 Å². The van der Waals surface area contributed by atoms with Gasteiger partial charge in [-0.1, -0.05) is 15.9 Å². The Morgan fingerprint density at radius 2 is 1.68 bits per heavy atom. The second kappa shape index (κ2) is 10.2. The van der Waals surface area contributed by atoms with E-state index in [1.165, 1.54) is 12.1 Å². The highest BCUT2D eigenvalue weighted by Crippen LogP contribution is 2.40. The van der Waals surface area contributed by atoms with Gasteiger partial charge in [0.2, 0.25) is 8.38 Å². The first-order chi connectivity index (χ1) is 13.2. The lowest BCUT2D eigenvalue weighted by molar-refractivity contribution is -0.274. The van der Waals surface area contributed by atoms with Gasteiger partial charge >= 0.3 is 6.36 Å². The molecule has 2 aromatic carbocycles. The molecule has 0 aliphatic carbocycles. The van der Waals surface area contributed by atoms with E-state index < -0.39 is 26.4 Å². The third-order valence-electron chi connectivity index (χ3n) is 3.25. The first kappa shape index (κ1) is 22.6. The summed E-state index contributed by atoms with van der Waals surface area (Å²) >= 11 is 3.39. The van der Waals surface area contributed by atoms with Crippen LogP contribution in [0.2, 0.25) is 0 Å². The molecule has 1 amide bonds. The molecule has 0 heterocycles. The van der Waals surface area contributed by atoms with Crippen LogP contribution in [0.25, 0.3) is 0 Å². The van der Waals surface area contributed by atoms with Gasteiger partial charge in [0.1, 0.15) is 5.75 Å². The van der Waals surface area contributed by atoms with E-state index in [9.17, 15) is 18.0 Å². The SMILES string of the molecule is CCOP(OCC)c1cc(Br)ccc1NC(=O)c1ccc(OC(F)(F)F)cc1. The van der Waals surface area contributed by atoms with Crippen molar-refractivity contribution in [1.82, 2.24) is 0 Å². The number of amides is 1. The van der Waals surface area contributed by atoms with E-state index in [1.54, 1.807) is 18.2 Å². The highest BCUT2D eigenvalue weighted by Gasteiger charge is 2.31. The lowest BCUT2D eigenvalue weighted by Crippen LogP contribution is -2.19. The van der Waals surface area contributed by atoms with Crippen molar-refractivity contribution in [1.29, 1.82) is 0 Å². The zero-order chi connectivity index (χ0) is 20.7. The number of nitrogens with one attached hydrogen (secondary N) is 1. The largest absolute Gasteiger partial charge is 0.573 e. The topological polar surface area (TPSA) is 56.8 Å². The number of alkyl halides is 3. The number of ether oxygens (including phenoxy) is 1. The highest BCUT2D eigenvalue weighted by atomic mass is 79.9. The fraction of sp³-hybridized carbons (Fsp3) is 0.278. The molecule has 0 unspecified atom stereocenters. The molecule has 0 atom stereocenters. The Labute approximate surface area is 170 Å². The average molecular weight is 480 g/mol. The van der Waals surface area contributed by atoms with Gasteiger partial charge in [-0.05, 0) is 56.3 Å². The van der Waals surface area contributed by atoms with Crippen LogP contribution in [0.3, 0.4) is 0 Å². The second-order valence-electron chi connectivity index (χ2n) is 5.28. The Hall–Kier alpha value is -1.67. The summed E-state index contributed by atoms with van der Waals surface area (Å²) in [7, 11) is -1.40. The van der Waals surface area contributed by atoms with Gasteiger partial charge < -0.3 is 19.1 Å². The highest BCUT2D eigenvalue weighted by molar-refractivity contribution is 9.10. The van der Waals surface area contributed by atoms with Crippen LogP contribution in [-0.4, -0.2) is 25.5 Å². The second-order valence-corrected chi connectivity index (χ2v) is 7.71. The van der Waals surface area contributed by atoms with Crippen LogP contribution in [0, 0.1) is 0 Å². The Bertz CT molecular complexity index is 796. The molecule has 0 bridgehead atoms. The molecule has 1 N–H and O–H groups in total. The number of hydrogen-bond donors (Lipinski definition) is 1. The van der Waals surface area contributed by atoms with Gasteiger partial charge in [0.15, 0.2) is 0 Å². The van der Waals surface area contributed by atoms with Crippen LogP contribution < -0.4 is 15.4 Å². The van der Waals surface area contributed by atoms with Crippen molar-refractivity contribution in [2.45, 2.75) is 20.2 Å². The fourth-order valence-corrected chi connectivity index (χ4v) is 4.11. The molecule has 0 fully saturated rings. The minimum Gasteiger partial charge on any atom is -0.406 e. The molecule has 0 aliphatic heterocycles. The van der Waals surface area contributed by atoms with Crippen molar-refractivity contribution in [2.24, 2.45) is 0 Å². The van der Waals surface area contributed by atoms with E-state index in [0.717, 1.165) is 16.6 Å². The van der Waals surface area contributed by atoms with E-state index in [2.05, 4.69) is 26.0 Å². The van der Waals surface area contributed by atoms with Crippen LogP contribution in [-0.2, 0) is 9.05 Å². The minimum atomic E-state index is -4.79. The van der Waals surface area contributed by atoms with Crippen molar-refractivity contribution in [2.75, 3.05) is 18.5 Å². The summed E-state index contributed by atoms with van der Waals surface area (Å²) in [5.74, 6) is -0.880. The molecule has 2 rings (SSSR count). The van der Waals surface area contributed by atoms with Crippen LogP contribution in [0.4, 0.5) is 18.9 Å². The standard InChI is InChI=1S/C18H18BrF3NO4P/c1-3-25-28(26-4-2)16-11-13(19)7-10-15(16)23-17(24)12-5-8-14(9-6-12)27-18(20,21)22/h5-11H,3-4H2,1-2H3,(H,23,24). The Morgan fingerprint density at radius 1 is 1.07 bits per heavy atom. The summed E-state index contributed by atoms with van der Waals surface area (Å²) < 4.78 is 52.6. The molecule has 0 spiro atoms. The Balaban J connectivity index is 2.21. The molecule has 0 aliphatic rings. The van der Waals surface area contributed by atoms with Gasteiger partial charge in [0.25, 0.3) is 5.91 Å². The third-order valence-corrected chi connectivity index (χ3v) is 5.49. The maximum atomic E-state index is 12.5. The maximum Gasteiger partial charge on any atom is 0.573 e. The quantitative estimate of drug-likeness (QED) is 0.500. The summed E-state index contributed by atoms with van der Waals surface area (Å²) in [6.45, 7) is 4.56. The average Bonchev–Trinajstić information content (AvgIpc) is 2.62. The molecule has 152 valence electrons. The van der Waals surface area contributed by atoms with Crippen molar-refractivity contribution in [3.63, 3.8) is 0 Å².